The van der Waals surface area contributed by atoms with E-state index < -0.39 is 17.2 Å². The first kappa shape index (κ1) is 21.9. The van der Waals surface area contributed by atoms with Gasteiger partial charge in [-0.05, 0) is 56.4 Å². The molecule has 0 saturated heterocycles. The van der Waals surface area contributed by atoms with Crippen LogP contribution in [0.5, 0.6) is 0 Å². The van der Waals surface area contributed by atoms with E-state index >= 15 is 0 Å². The molecule has 166 valence electrons. The van der Waals surface area contributed by atoms with E-state index in [0.29, 0.717) is 29.2 Å². The van der Waals surface area contributed by atoms with E-state index in [-0.39, 0.29) is 17.0 Å². The summed E-state index contributed by atoms with van der Waals surface area (Å²) >= 11 is 1.35. The van der Waals surface area contributed by atoms with Gasteiger partial charge in [-0.15, -0.1) is 17.9 Å². The summed E-state index contributed by atoms with van der Waals surface area (Å²) in [5.41, 5.74) is 0.834. The molecule has 2 aromatic heterocycles. The average molecular weight is 455 g/mol. The van der Waals surface area contributed by atoms with Crippen LogP contribution in [-0.2, 0) is 19.4 Å². The number of carbonyl (C=O) groups excluding carboxylic acids is 2. The van der Waals surface area contributed by atoms with Gasteiger partial charge in [0.1, 0.15) is 10.8 Å². The number of amides is 2. The number of aryl methyl sites for hydroxylation is 2. The lowest BCUT2D eigenvalue weighted by molar-refractivity contribution is 0.0958. The Labute approximate surface area is 187 Å². The summed E-state index contributed by atoms with van der Waals surface area (Å²) in [5, 5.41) is 10.2. The molecule has 1 aliphatic rings. The second kappa shape index (κ2) is 9.04. The molecule has 0 radical (unpaired) electrons. The van der Waals surface area contributed by atoms with Crippen LogP contribution in [0.2, 0.25) is 0 Å². The molecule has 1 aromatic carbocycles. The molecule has 0 aliphatic heterocycles. The van der Waals surface area contributed by atoms with E-state index in [1.54, 1.807) is 6.08 Å². The molecule has 2 N–H and O–H groups in total. The summed E-state index contributed by atoms with van der Waals surface area (Å²) in [6.07, 6.45) is 5.17. The van der Waals surface area contributed by atoms with Crippen LogP contribution < -0.4 is 16.1 Å². The third kappa shape index (κ3) is 3.95. The van der Waals surface area contributed by atoms with Crippen LogP contribution in [0.15, 0.2) is 35.6 Å². The molecule has 7 nitrogen and oxygen atoms in total. The smallest absolute Gasteiger partial charge is 0.280 e. The van der Waals surface area contributed by atoms with Gasteiger partial charge in [-0.3, -0.25) is 19.1 Å². The van der Waals surface area contributed by atoms with Gasteiger partial charge in [0.25, 0.3) is 11.8 Å². The molecule has 0 saturated carbocycles. The zero-order valence-electron chi connectivity index (χ0n) is 17.7. The van der Waals surface area contributed by atoms with Crippen molar-refractivity contribution in [3.8, 4) is 0 Å². The fraction of sp³-hybridized carbons (Fsp3) is 0.304. The fourth-order valence-electron chi connectivity index (χ4n) is 3.96. The van der Waals surface area contributed by atoms with Crippen molar-refractivity contribution in [1.29, 1.82) is 0 Å². The molecule has 0 atom stereocenters. The number of thiophene rings is 1. The highest BCUT2D eigenvalue weighted by molar-refractivity contribution is 7.17. The van der Waals surface area contributed by atoms with Crippen LogP contribution in [0.3, 0.4) is 0 Å². The summed E-state index contributed by atoms with van der Waals surface area (Å²) in [7, 11) is 0. The topological polar surface area (TPSA) is 93.1 Å². The van der Waals surface area contributed by atoms with Crippen molar-refractivity contribution < 1.29 is 14.0 Å². The standard InChI is InChI=1S/C23H23FN4O3S/c1-3-11-25-21(30)18-14-7-5-6-8-17(14)32-23(18)26-22(31)19-20(29)15-12-13(24)9-10-16(15)28(4-2)27-19/h3,9-10,12H,1,4-8,11H2,2H3,(H,25,30)(H,26,31). The highest BCUT2D eigenvalue weighted by Crippen LogP contribution is 2.38. The number of hydrogen-bond donors (Lipinski definition) is 2. The normalized spacial score (nSPS) is 12.9. The van der Waals surface area contributed by atoms with Crippen LogP contribution in [0.1, 0.15) is 51.1 Å². The zero-order chi connectivity index (χ0) is 22.8. The Morgan fingerprint density at radius 1 is 1.28 bits per heavy atom. The number of halogens is 1. The van der Waals surface area contributed by atoms with Crippen LogP contribution in [-0.4, -0.2) is 28.1 Å². The lowest BCUT2D eigenvalue weighted by Gasteiger charge is -2.13. The molecule has 32 heavy (non-hydrogen) atoms. The Morgan fingerprint density at radius 3 is 2.81 bits per heavy atom. The Morgan fingerprint density at radius 2 is 2.06 bits per heavy atom. The second-order valence-corrected chi connectivity index (χ2v) is 8.63. The van der Waals surface area contributed by atoms with E-state index in [2.05, 4.69) is 22.3 Å². The SMILES string of the molecule is C=CCNC(=O)c1c(NC(=O)c2nn(CC)c3ccc(F)cc3c2=O)sc2c1CCCC2. The van der Waals surface area contributed by atoms with Gasteiger partial charge in [-0.1, -0.05) is 6.08 Å². The predicted octanol–water partition coefficient (Wildman–Crippen LogP) is 3.66. The number of carbonyl (C=O) groups is 2. The summed E-state index contributed by atoms with van der Waals surface area (Å²) < 4.78 is 15.3. The Bertz CT molecular complexity index is 1290. The number of nitrogens with zero attached hydrogens (tertiary/aromatic N) is 2. The van der Waals surface area contributed by atoms with Crippen molar-refractivity contribution in [2.75, 3.05) is 11.9 Å². The van der Waals surface area contributed by atoms with Crippen molar-refractivity contribution in [2.24, 2.45) is 0 Å². The number of aromatic nitrogens is 2. The predicted molar refractivity (Wildman–Crippen MR) is 123 cm³/mol. The van der Waals surface area contributed by atoms with Gasteiger partial charge >= 0.3 is 0 Å². The molecular weight excluding hydrogens is 431 g/mol. The highest BCUT2D eigenvalue weighted by Gasteiger charge is 2.27. The Hall–Kier alpha value is -3.33. The minimum absolute atomic E-state index is 0.0847. The first-order valence-electron chi connectivity index (χ1n) is 10.5. The number of hydrogen-bond acceptors (Lipinski definition) is 5. The molecule has 0 bridgehead atoms. The van der Waals surface area contributed by atoms with Crippen LogP contribution in [0.4, 0.5) is 9.39 Å². The van der Waals surface area contributed by atoms with Crippen molar-refractivity contribution >= 4 is 39.1 Å². The molecule has 0 spiro atoms. The molecule has 2 amide bonds. The van der Waals surface area contributed by atoms with Gasteiger partial charge in [0, 0.05) is 18.0 Å². The van der Waals surface area contributed by atoms with E-state index in [1.807, 2.05) is 6.92 Å². The summed E-state index contributed by atoms with van der Waals surface area (Å²) in [6, 6.07) is 3.83. The van der Waals surface area contributed by atoms with Gasteiger partial charge < -0.3 is 10.6 Å². The maximum absolute atomic E-state index is 13.8. The molecule has 0 fully saturated rings. The number of nitrogens with one attached hydrogen (secondary N) is 2. The van der Waals surface area contributed by atoms with Crippen molar-refractivity contribution in [3.63, 3.8) is 0 Å². The lowest BCUT2D eigenvalue weighted by Crippen LogP contribution is -2.29. The van der Waals surface area contributed by atoms with E-state index in [0.717, 1.165) is 42.2 Å². The first-order valence-corrected chi connectivity index (χ1v) is 11.3. The number of fused-ring (bicyclic) bond motifs is 2. The van der Waals surface area contributed by atoms with Crippen LogP contribution >= 0.6 is 11.3 Å². The zero-order valence-corrected chi connectivity index (χ0v) is 18.5. The fourth-order valence-corrected chi connectivity index (χ4v) is 5.24. The first-order chi connectivity index (χ1) is 15.4. The summed E-state index contributed by atoms with van der Waals surface area (Å²) in [4.78, 5) is 39.9. The number of benzene rings is 1. The highest BCUT2D eigenvalue weighted by atomic mass is 32.1. The van der Waals surface area contributed by atoms with E-state index in [1.165, 1.54) is 28.2 Å². The maximum Gasteiger partial charge on any atom is 0.280 e. The van der Waals surface area contributed by atoms with Gasteiger partial charge in [0.2, 0.25) is 5.43 Å². The minimum atomic E-state index is -0.722. The molecule has 3 aromatic rings. The molecule has 1 aliphatic carbocycles. The average Bonchev–Trinajstić information content (AvgIpc) is 3.15. The number of anilines is 1. The number of rotatable bonds is 6. The van der Waals surface area contributed by atoms with Crippen molar-refractivity contribution in [3.05, 3.63) is 68.6 Å². The quantitative estimate of drug-likeness (QED) is 0.556. The second-order valence-electron chi connectivity index (χ2n) is 7.52. The van der Waals surface area contributed by atoms with Gasteiger partial charge in [-0.25, -0.2) is 4.39 Å². The van der Waals surface area contributed by atoms with E-state index in [9.17, 15) is 18.8 Å². The van der Waals surface area contributed by atoms with Crippen LogP contribution in [0.25, 0.3) is 10.9 Å². The van der Waals surface area contributed by atoms with E-state index in [4.69, 9.17) is 0 Å². The molecule has 4 rings (SSSR count). The largest absolute Gasteiger partial charge is 0.348 e. The molecule has 9 heteroatoms. The third-order valence-electron chi connectivity index (χ3n) is 5.46. The lowest BCUT2D eigenvalue weighted by atomic mass is 9.95. The minimum Gasteiger partial charge on any atom is -0.348 e. The molecule has 2 heterocycles. The van der Waals surface area contributed by atoms with Gasteiger partial charge in [0.15, 0.2) is 5.69 Å². The van der Waals surface area contributed by atoms with Gasteiger partial charge in [0.05, 0.1) is 16.5 Å². The van der Waals surface area contributed by atoms with Gasteiger partial charge in [-0.2, -0.15) is 5.10 Å². The Kier molecular flexibility index (Phi) is 6.18. The molecule has 0 unspecified atom stereocenters. The summed E-state index contributed by atoms with van der Waals surface area (Å²) in [6.45, 7) is 6.13. The monoisotopic (exact) mass is 454 g/mol. The Balaban J connectivity index is 1.76. The van der Waals surface area contributed by atoms with Crippen molar-refractivity contribution in [2.45, 2.75) is 39.2 Å². The third-order valence-corrected chi connectivity index (χ3v) is 6.67. The van der Waals surface area contributed by atoms with Crippen molar-refractivity contribution in [1.82, 2.24) is 15.1 Å². The maximum atomic E-state index is 13.8. The summed E-state index contributed by atoms with van der Waals surface area (Å²) in [5.74, 6) is -1.58. The molecular formula is C23H23FN4O3S. The van der Waals surface area contributed by atoms with Crippen LogP contribution in [0, 0.1) is 5.82 Å².